The van der Waals surface area contributed by atoms with E-state index in [1.54, 1.807) is 10.6 Å². The fourth-order valence-electron chi connectivity index (χ4n) is 3.43. The number of nitrogens with zero attached hydrogens (tertiary/aromatic N) is 2. The predicted octanol–water partition coefficient (Wildman–Crippen LogP) is 2.55. The summed E-state index contributed by atoms with van der Waals surface area (Å²) in [7, 11) is 0. The van der Waals surface area contributed by atoms with Crippen LogP contribution in [0.1, 0.15) is 18.3 Å². The summed E-state index contributed by atoms with van der Waals surface area (Å²) in [5.74, 6) is 1.17. The molecule has 0 bridgehead atoms. The molecule has 4 rings (SSSR count). The van der Waals surface area contributed by atoms with E-state index in [0.717, 1.165) is 23.1 Å². The van der Waals surface area contributed by atoms with Gasteiger partial charge in [0, 0.05) is 36.0 Å². The van der Waals surface area contributed by atoms with Crippen LogP contribution in [0.3, 0.4) is 0 Å². The fraction of sp³-hybridized carbons (Fsp3) is 0.273. The number of aryl methyl sites for hydroxylation is 1. The molecule has 1 saturated heterocycles. The molecule has 1 aliphatic rings. The molecule has 1 fully saturated rings. The number of rotatable bonds is 7. The van der Waals surface area contributed by atoms with Crippen molar-refractivity contribution in [3.63, 3.8) is 0 Å². The monoisotopic (exact) mass is 446 g/mol. The van der Waals surface area contributed by atoms with Crippen LogP contribution in [0.5, 0.6) is 5.75 Å². The van der Waals surface area contributed by atoms with E-state index in [1.807, 2.05) is 49.4 Å². The molecular weight excluding hydrogens is 425 g/mol. The third kappa shape index (κ3) is 5.38. The predicted molar refractivity (Wildman–Crippen MR) is 122 cm³/mol. The second kappa shape index (κ2) is 10.5. The number of carbonyl (C=O) groups is 2. The third-order valence-electron chi connectivity index (χ3n) is 4.95. The van der Waals surface area contributed by atoms with E-state index in [2.05, 4.69) is 10.3 Å². The number of thioether (sulfide) groups is 1. The zero-order valence-electron chi connectivity index (χ0n) is 17.5. The van der Waals surface area contributed by atoms with Gasteiger partial charge in [0.1, 0.15) is 18.2 Å². The van der Waals surface area contributed by atoms with Crippen molar-refractivity contribution in [3.05, 3.63) is 70.3 Å². The van der Waals surface area contributed by atoms with Crippen molar-refractivity contribution < 1.29 is 14.3 Å². The molecule has 31 heavy (non-hydrogen) atoms. The molecule has 2 amide bonds. The largest absolute Gasteiger partial charge is 0.492 e. The van der Waals surface area contributed by atoms with Gasteiger partial charge in [-0.15, -0.1) is 0 Å². The van der Waals surface area contributed by atoms with E-state index in [9.17, 15) is 14.4 Å². The molecule has 2 aromatic carbocycles. The summed E-state index contributed by atoms with van der Waals surface area (Å²) < 4.78 is 7.48. The molecule has 0 aliphatic carbocycles. The number of carbonyl (C=O) groups excluding carboxylic acids is 2. The van der Waals surface area contributed by atoms with Crippen LogP contribution in [-0.4, -0.2) is 62.1 Å². The summed E-state index contributed by atoms with van der Waals surface area (Å²) in [6.07, 6.45) is 1.14. The summed E-state index contributed by atoms with van der Waals surface area (Å²) in [6, 6.07) is 14.8. The van der Waals surface area contributed by atoms with E-state index < -0.39 is 0 Å². The van der Waals surface area contributed by atoms with Gasteiger partial charge in [-0.25, -0.2) is 4.98 Å². The van der Waals surface area contributed by atoms with Gasteiger partial charge in [0.15, 0.2) is 0 Å². The third-order valence-corrected chi connectivity index (χ3v) is 5.93. The van der Waals surface area contributed by atoms with Crippen LogP contribution >= 0.6 is 11.8 Å². The van der Waals surface area contributed by atoms with Crippen LogP contribution in [0.15, 0.2) is 53.3 Å². The Morgan fingerprint density at radius 1 is 1.10 bits per heavy atom. The molecule has 0 saturated carbocycles. The number of amides is 2. The van der Waals surface area contributed by atoms with E-state index >= 15 is 0 Å². The average Bonchev–Trinajstić information content (AvgIpc) is 3.07. The topological polar surface area (TPSA) is 90.3 Å². The van der Waals surface area contributed by atoms with Gasteiger partial charge in [0.25, 0.3) is 10.8 Å². The van der Waals surface area contributed by atoms with Gasteiger partial charge in [0.05, 0.1) is 22.7 Å². The summed E-state index contributed by atoms with van der Waals surface area (Å²) in [6.45, 7) is 2.72. The number of fused-ring (bicyclic) bond motifs is 1. The maximum Gasteiger partial charge on any atom is 0.286 e. The Hall–Kier alpha value is -2.13. The normalized spacial score (nSPS) is 15.6. The van der Waals surface area contributed by atoms with Crippen molar-refractivity contribution in [1.29, 1.82) is 0 Å². The number of aromatic nitrogens is 2. The SMILES string of the molecule is CCc1nc2ccccc2c(=O)n1CCOc1ccc(CC2SC(=O)NC2=O)cc1.[Na]. The summed E-state index contributed by atoms with van der Waals surface area (Å²) in [5, 5.41) is 2.22. The Balaban J connectivity index is 0.00000272. The molecule has 1 N–H and O–H groups in total. The molecule has 1 aliphatic heterocycles. The number of nitrogens with one attached hydrogen (secondary N) is 1. The van der Waals surface area contributed by atoms with Crippen molar-refractivity contribution in [2.75, 3.05) is 6.61 Å². The standard InChI is InChI=1S/C22H21N3O4S.Na/c1-2-19-23-17-6-4-3-5-16(17)21(27)25(19)11-12-29-15-9-7-14(8-10-15)13-18-20(26)24-22(28)30-18;/h3-10,18H,2,11-13H2,1H3,(H,24,26,28);. The number of imide groups is 1. The van der Waals surface area contributed by atoms with Gasteiger partial charge in [-0.2, -0.15) is 0 Å². The number of hydrogen-bond donors (Lipinski definition) is 1. The minimum Gasteiger partial charge on any atom is -0.492 e. The van der Waals surface area contributed by atoms with Crippen LogP contribution in [-0.2, 0) is 24.2 Å². The number of ether oxygens (including phenoxy) is 1. The Morgan fingerprint density at radius 2 is 1.84 bits per heavy atom. The summed E-state index contributed by atoms with van der Waals surface area (Å²) >= 11 is 1.02. The Kier molecular flexibility index (Phi) is 7.94. The van der Waals surface area contributed by atoms with Crippen LogP contribution < -0.4 is 15.6 Å². The molecule has 1 unspecified atom stereocenters. The zero-order chi connectivity index (χ0) is 21.1. The quantitative estimate of drug-likeness (QED) is 0.561. The average molecular weight is 446 g/mol. The molecule has 1 atom stereocenters. The molecule has 0 spiro atoms. The van der Waals surface area contributed by atoms with Crippen LogP contribution in [0, 0.1) is 0 Å². The first-order chi connectivity index (χ1) is 14.5. The maximum absolute atomic E-state index is 12.8. The second-order valence-electron chi connectivity index (χ2n) is 6.94. The van der Waals surface area contributed by atoms with E-state index in [-0.39, 0.29) is 51.5 Å². The Morgan fingerprint density at radius 3 is 2.52 bits per heavy atom. The minimum atomic E-state index is -0.385. The minimum absolute atomic E-state index is 0. The van der Waals surface area contributed by atoms with Crippen LogP contribution in [0.25, 0.3) is 10.9 Å². The van der Waals surface area contributed by atoms with Crippen molar-refractivity contribution in [1.82, 2.24) is 14.9 Å². The van der Waals surface area contributed by atoms with E-state index in [1.165, 1.54) is 0 Å². The van der Waals surface area contributed by atoms with Gasteiger partial charge in [-0.1, -0.05) is 43.0 Å². The van der Waals surface area contributed by atoms with E-state index in [4.69, 9.17) is 4.74 Å². The summed E-state index contributed by atoms with van der Waals surface area (Å²) in [4.78, 5) is 40.4. The molecule has 7 nitrogen and oxygen atoms in total. The molecule has 9 heteroatoms. The first kappa shape index (κ1) is 23.5. The Bertz CT molecular complexity index is 1160. The first-order valence-electron chi connectivity index (χ1n) is 9.77. The van der Waals surface area contributed by atoms with Crippen molar-refractivity contribution in [2.45, 2.75) is 31.6 Å². The fourth-order valence-corrected chi connectivity index (χ4v) is 4.29. The smallest absolute Gasteiger partial charge is 0.286 e. The van der Waals surface area contributed by atoms with Gasteiger partial charge in [-0.05, 0) is 36.2 Å². The van der Waals surface area contributed by atoms with Crippen molar-refractivity contribution >= 4 is 63.4 Å². The number of hydrogen-bond acceptors (Lipinski definition) is 6. The van der Waals surface area contributed by atoms with Crippen LogP contribution in [0.4, 0.5) is 4.79 Å². The molecule has 155 valence electrons. The summed E-state index contributed by atoms with van der Waals surface area (Å²) in [5.41, 5.74) is 1.61. The van der Waals surface area contributed by atoms with Crippen molar-refractivity contribution in [3.8, 4) is 5.75 Å². The second-order valence-corrected chi connectivity index (χ2v) is 8.11. The van der Waals surface area contributed by atoms with Gasteiger partial charge < -0.3 is 4.74 Å². The number of para-hydroxylation sites is 1. The van der Waals surface area contributed by atoms with Crippen LogP contribution in [0.2, 0.25) is 0 Å². The zero-order valence-corrected chi connectivity index (χ0v) is 20.3. The molecular formula is C22H21N3NaO4S. The maximum atomic E-state index is 12.8. The molecule has 1 radical (unpaired) electrons. The molecule has 1 aromatic heterocycles. The molecule has 3 aromatic rings. The first-order valence-corrected chi connectivity index (χ1v) is 10.6. The van der Waals surface area contributed by atoms with Gasteiger partial charge in [-0.3, -0.25) is 24.3 Å². The van der Waals surface area contributed by atoms with Gasteiger partial charge in [0.2, 0.25) is 5.91 Å². The molecule has 2 heterocycles. The van der Waals surface area contributed by atoms with E-state index in [0.29, 0.717) is 42.6 Å². The number of benzene rings is 2. The Labute approximate surface area is 205 Å². The van der Waals surface area contributed by atoms with Gasteiger partial charge >= 0.3 is 0 Å². The van der Waals surface area contributed by atoms with Crippen molar-refractivity contribution in [2.24, 2.45) is 0 Å².